The second-order valence-electron chi connectivity index (χ2n) is 5.67. The Kier molecular flexibility index (Phi) is 4.94. The average Bonchev–Trinajstić information content (AvgIpc) is 2.59. The first-order valence-corrected chi connectivity index (χ1v) is 8.31. The van der Waals surface area contributed by atoms with Crippen LogP contribution >= 0.6 is 11.3 Å². The van der Waals surface area contributed by atoms with Gasteiger partial charge in [0.1, 0.15) is 4.21 Å². The molecule has 1 aromatic heterocycles. The van der Waals surface area contributed by atoms with Crippen LogP contribution < -0.4 is 10.0 Å². The van der Waals surface area contributed by atoms with Crippen molar-refractivity contribution in [2.45, 2.75) is 57.0 Å². The van der Waals surface area contributed by atoms with Gasteiger partial charge in [0.25, 0.3) is 10.0 Å². The van der Waals surface area contributed by atoms with Crippen LogP contribution in [0.1, 0.15) is 40.2 Å². The highest BCUT2D eigenvalue weighted by Gasteiger charge is 2.23. The van der Waals surface area contributed by atoms with E-state index in [4.69, 9.17) is 0 Å². The molecule has 0 atom stereocenters. The maximum Gasteiger partial charge on any atom is 0.250 e. The van der Waals surface area contributed by atoms with Gasteiger partial charge in [0, 0.05) is 18.1 Å². The van der Waals surface area contributed by atoms with Crippen LogP contribution in [0.25, 0.3) is 0 Å². The highest BCUT2D eigenvalue weighted by molar-refractivity contribution is 7.91. The number of hydrogen-bond acceptors (Lipinski definition) is 4. The van der Waals surface area contributed by atoms with Gasteiger partial charge >= 0.3 is 0 Å². The Morgan fingerprint density at radius 2 is 1.94 bits per heavy atom. The molecule has 0 spiro atoms. The van der Waals surface area contributed by atoms with Crippen LogP contribution in [-0.4, -0.2) is 20.0 Å². The molecule has 0 bridgehead atoms. The molecule has 1 aromatic rings. The molecule has 0 aliphatic heterocycles. The topological polar surface area (TPSA) is 58.2 Å². The second-order valence-corrected chi connectivity index (χ2v) is 8.49. The summed E-state index contributed by atoms with van der Waals surface area (Å²) in [6, 6.07) is 2.12. The minimum absolute atomic E-state index is 0.373. The Labute approximate surface area is 114 Å². The molecule has 0 aliphatic rings. The fourth-order valence-corrected chi connectivity index (χ4v) is 3.99. The van der Waals surface area contributed by atoms with Gasteiger partial charge in [-0.15, -0.1) is 11.3 Å². The quantitative estimate of drug-likeness (QED) is 0.875. The van der Waals surface area contributed by atoms with E-state index in [1.54, 1.807) is 6.07 Å². The average molecular weight is 290 g/mol. The molecule has 0 fully saturated rings. The SMILES string of the molecule is CC(C)NCc1csc(S(=O)(=O)NC(C)(C)C)c1. The molecule has 0 radical (unpaired) electrons. The summed E-state index contributed by atoms with van der Waals surface area (Å²) in [6.45, 7) is 10.3. The third-order valence-corrected chi connectivity index (χ3v) is 5.30. The molecule has 0 unspecified atom stereocenters. The van der Waals surface area contributed by atoms with Crippen molar-refractivity contribution in [1.29, 1.82) is 0 Å². The summed E-state index contributed by atoms with van der Waals surface area (Å²) >= 11 is 1.26. The minimum atomic E-state index is -3.39. The first kappa shape index (κ1) is 15.6. The number of rotatable bonds is 5. The van der Waals surface area contributed by atoms with Gasteiger partial charge in [0.15, 0.2) is 0 Å². The molecule has 6 heteroatoms. The molecule has 104 valence electrons. The number of sulfonamides is 1. The van der Waals surface area contributed by atoms with Crippen LogP contribution in [0, 0.1) is 0 Å². The van der Waals surface area contributed by atoms with Crippen LogP contribution in [0.15, 0.2) is 15.7 Å². The molecule has 0 saturated heterocycles. The molecule has 0 saturated carbocycles. The van der Waals surface area contributed by atoms with E-state index in [-0.39, 0.29) is 0 Å². The first-order chi connectivity index (χ1) is 8.10. The molecule has 0 amide bonds. The summed E-state index contributed by atoms with van der Waals surface area (Å²) in [7, 11) is -3.39. The molecule has 0 aromatic carbocycles. The molecular weight excluding hydrogens is 268 g/mol. The number of nitrogens with one attached hydrogen (secondary N) is 2. The van der Waals surface area contributed by atoms with E-state index in [2.05, 4.69) is 23.9 Å². The van der Waals surface area contributed by atoms with Gasteiger partial charge in [-0.3, -0.25) is 0 Å². The predicted molar refractivity (Wildman–Crippen MR) is 76.4 cm³/mol. The highest BCUT2D eigenvalue weighted by Crippen LogP contribution is 2.21. The maximum atomic E-state index is 12.1. The van der Waals surface area contributed by atoms with Gasteiger partial charge in [-0.2, -0.15) is 0 Å². The highest BCUT2D eigenvalue weighted by atomic mass is 32.2. The van der Waals surface area contributed by atoms with E-state index >= 15 is 0 Å². The van der Waals surface area contributed by atoms with E-state index in [9.17, 15) is 8.42 Å². The van der Waals surface area contributed by atoms with Crippen molar-refractivity contribution < 1.29 is 8.42 Å². The van der Waals surface area contributed by atoms with Gasteiger partial charge in [-0.1, -0.05) is 13.8 Å². The Bertz CT molecular complexity index is 484. The molecule has 1 heterocycles. The summed E-state index contributed by atoms with van der Waals surface area (Å²) in [5, 5.41) is 5.15. The van der Waals surface area contributed by atoms with E-state index in [0.29, 0.717) is 16.8 Å². The normalized spacial score (nSPS) is 13.2. The van der Waals surface area contributed by atoms with E-state index in [1.165, 1.54) is 11.3 Å². The summed E-state index contributed by atoms with van der Waals surface area (Å²) < 4.78 is 27.2. The van der Waals surface area contributed by atoms with Crippen molar-refractivity contribution in [3.05, 3.63) is 17.0 Å². The Morgan fingerprint density at radius 1 is 1.33 bits per heavy atom. The first-order valence-electron chi connectivity index (χ1n) is 5.95. The van der Waals surface area contributed by atoms with E-state index in [0.717, 1.165) is 5.56 Å². The van der Waals surface area contributed by atoms with Crippen molar-refractivity contribution in [2.24, 2.45) is 0 Å². The van der Waals surface area contributed by atoms with Crippen LogP contribution in [0.5, 0.6) is 0 Å². The zero-order valence-electron chi connectivity index (χ0n) is 11.6. The van der Waals surface area contributed by atoms with Crippen LogP contribution in [-0.2, 0) is 16.6 Å². The second kappa shape index (κ2) is 5.69. The third-order valence-electron chi connectivity index (χ3n) is 2.05. The third kappa shape index (κ3) is 5.06. The lowest BCUT2D eigenvalue weighted by Gasteiger charge is -2.19. The summed E-state index contributed by atoms with van der Waals surface area (Å²) in [6.07, 6.45) is 0. The number of hydrogen-bond donors (Lipinski definition) is 2. The zero-order chi connectivity index (χ0) is 14.0. The van der Waals surface area contributed by atoms with Crippen molar-refractivity contribution in [1.82, 2.24) is 10.0 Å². The Hall–Kier alpha value is -0.430. The smallest absolute Gasteiger partial charge is 0.250 e. The summed E-state index contributed by atoms with van der Waals surface area (Å²) in [5.74, 6) is 0. The molecular formula is C12H22N2O2S2. The zero-order valence-corrected chi connectivity index (χ0v) is 13.2. The largest absolute Gasteiger partial charge is 0.310 e. The lowest BCUT2D eigenvalue weighted by atomic mass is 10.1. The van der Waals surface area contributed by atoms with Crippen LogP contribution in [0.4, 0.5) is 0 Å². The van der Waals surface area contributed by atoms with Crippen molar-refractivity contribution in [3.8, 4) is 0 Å². The molecule has 4 nitrogen and oxygen atoms in total. The van der Waals surface area contributed by atoms with Gasteiger partial charge in [-0.05, 0) is 37.8 Å². The predicted octanol–water partition coefficient (Wildman–Crippen LogP) is 2.32. The van der Waals surface area contributed by atoms with Crippen molar-refractivity contribution >= 4 is 21.4 Å². The van der Waals surface area contributed by atoms with Crippen LogP contribution in [0.3, 0.4) is 0 Å². The lowest BCUT2D eigenvalue weighted by molar-refractivity contribution is 0.492. The minimum Gasteiger partial charge on any atom is -0.310 e. The summed E-state index contributed by atoms with van der Waals surface area (Å²) in [5.41, 5.74) is 0.544. The molecule has 0 aliphatic carbocycles. The van der Waals surface area contributed by atoms with Gasteiger partial charge in [0.05, 0.1) is 0 Å². The van der Waals surface area contributed by atoms with Gasteiger partial charge in [0.2, 0.25) is 0 Å². The van der Waals surface area contributed by atoms with Gasteiger partial charge < -0.3 is 5.32 Å². The van der Waals surface area contributed by atoms with Crippen molar-refractivity contribution in [2.75, 3.05) is 0 Å². The number of thiophene rings is 1. The standard InChI is InChI=1S/C12H22N2O2S2/c1-9(2)13-7-10-6-11(17-8-10)18(15,16)14-12(3,4)5/h6,8-9,13-14H,7H2,1-5H3. The Balaban J connectivity index is 2.79. The van der Waals surface area contributed by atoms with Crippen molar-refractivity contribution in [3.63, 3.8) is 0 Å². The van der Waals surface area contributed by atoms with E-state index in [1.807, 2.05) is 26.2 Å². The fourth-order valence-electron chi connectivity index (χ4n) is 1.36. The Morgan fingerprint density at radius 3 is 2.44 bits per heavy atom. The van der Waals surface area contributed by atoms with E-state index < -0.39 is 15.6 Å². The van der Waals surface area contributed by atoms with Gasteiger partial charge in [-0.25, -0.2) is 13.1 Å². The molecule has 2 N–H and O–H groups in total. The molecule has 18 heavy (non-hydrogen) atoms. The summed E-state index contributed by atoms with van der Waals surface area (Å²) in [4.78, 5) is 0. The maximum absolute atomic E-state index is 12.1. The fraction of sp³-hybridized carbons (Fsp3) is 0.667. The molecule has 1 rings (SSSR count). The monoisotopic (exact) mass is 290 g/mol. The lowest BCUT2D eigenvalue weighted by Crippen LogP contribution is -2.40. The van der Waals surface area contributed by atoms with Crippen LogP contribution in [0.2, 0.25) is 0 Å².